The van der Waals surface area contributed by atoms with E-state index >= 15 is 0 Å². The van der Waals surface area contributed by atoms with Crippen LogP contribution < -0.4 is 4.83 Å². The summed E-state index contributed by atoms with van der Waals surface area (Å²) < 4.78 is 36.4. The lowest BCUT2D eigenvalue weighted by atomic mass is 10.2. The Balaban J connectivity index is 2.31. The minimum Gasteiger partial charge on any atom is -0.207 e. The fourth-order valence-corrected chi connectivity index (χ4v) is 2.85. The molecule has 1 aliphatic rings. The van der Waals surface area contributed by atoms with Crippen LogP contribution in [0, 0.1) is 5.82 Å². The first kappa shape index (κ1) is 11.4. The Labute approximate surface area is 97.3 Å². The number of hydrogen-bond donors (Lipinski definition) is 1. The number of sulfonamides is 1. The van der Waals surface area contributed by atoms with Gasteiger partial charge in [0.05, 0.1) is 11.2 Å². The summed E-state index contributed by atoms with van der Waals surface area (Å²) in [5.74, 6) is -0.350. The van der Waals surface area contributed by atoms with Crippen molar-refractivity contribution in [3.8, 4) is 0 Å². The van der Waals surface area contributed by atoms with E-state index in [4.69, 9.17) is 0 Å². The molecular weight excluding hydrogens is 251 g/mol. The summed E-state index contributed by atoms with van der Waals surface area (Å²) in [6, 6.07) is 5.99. The molecule has 0 bridgehead atoms. The zero-order valence-corrected chi connectivity index (χ0v) is 9.98. The first-order valence-corrected chi connectivity index (χ1v) is 7.03. The lowest BCUT2D eigenvalue weighted by Crippen LogP contribution is -2.29. The number of benzene rings is 1. The first-order chi connectivity index (χ1) is 7.47. The first-order valence-electron chi connectivity index (χ1n) is 4.36. The molecule has 1 N–H and O–H groups in total. The van der Waals surface area contributed by atoms with Crippen LogP contribution in [0.25, 0.3) is 4.91 Å². The SMILES string of the molecule is CS(=O)(=O)N1C=C(c2cccc(F)c2)SN1. The lowest BCUT2D eigenvalue weighted by molar-refractivity contribution is 0.499. The summed E-state index contributed by atoms with van der Waals surface area (Å²) >= 11 is 1.13. The third-order valence-corrected chi connectivity index (χ3v) is 3.82. The third-order valence-electron chi connectivity index (χ3n) is 1.95. The van der Waals surface area contributed by atoms with Crippen LogP contribution in [-0.2, 0) is 10.0 Å². The largest absolute Gasteiger partial charge is 0.245 e. The quantitative estimate of drug-likeness (QED) is 0.820. The van der Waals surface area contributed by atoms with Crippen LogP contribution in [0.4, 0.5) is 4.39 Å². The van der Waals surface area contributed by atoms with Gasteiger partial charge in [0.15, 0.2) is 0 Å². The van der Waals surface area contributed by atoms with Crippen LogP contribution in [0.3, 0.4) is 0 Å². The van der Waals surface area contributed by atoms with Crippen molar-refractivity contribution in [1.82, 2.24) is 9.25 Å². The summed E-state index contributed by atoms with van der Waals surface area (Å²) in [6.45, 7) is 0. The Hall–Kier alpha value is -1.05. The number of halogens is 1. The van der Waals surface area contributed by atoms with Gasteiger partial charge >= 0.3 is 0 Å². The highest BCUT2D eigenvalue weighted by molar-refractivity contribution is 8.07. The van der Waals surface area contributed by atoms with Crippen molar-refractivity contribution >= 4 is 26.9 Å². The van der Waals surface area contributed by atoms with Crippen molar-refractivity contribution < 1.29 is 12.8 Å². The van der Waals surface area contributed by atoms with Gasteiger partial charge in [-0.05, 0) is 29.6 Å². The molecule has 0 atom stereocenters. The summed E-state index contributed by atoms with van der Waals surface area (Å²) in [7, 11) is -3.32. The average molecular weight is 260 g/mol. The second-order valence-corrected chi connectivity index (χ2v) is 5.94. The van der Waals surface area contributed by atoms with Crippen LogP contribution in [0.1, 0.15) is 5.56 Å². The second kappa shape index (κ2) is 4.08. The van der Waals surface area contributed by atoms with E-state index < -0.39 is 10.0 Å². The predicted molar refractivity (Wildman–Crippen MR) is 61.8 cm³/mol. The van der Waals surface area contributed by atoms with Gasteiger partial charge in [0.1, 0.15) is 5.82 Å². The summed E-state index contributed by atoms with van der Waals surface area (Å²) in [5.41, 5.74) is 0.642. The molecule has 0 saturated heterocycles. The highest BCUT2D eigenvalue weighted by Crippen LogP contribution is 2.31. The highest BCUT2D eigenvalue weighted by atomic mass is 32.2. The normalized spacial score (nSPS) is 16.4. The van der Waals surface area contributed by atoms with E-state index in [-0.39, 0.29) is 5.82 Å². The molecule has 1 aliphatic heterocycles. The topological polar surface area (TPSA) is 49.4 Å². The molecule has 0 aromatic heterocycles. The van der Waals surface area contributed by atoms with E-state index in [0.29, 0.717) is 10.5 Å². The molecule has 0 radical (unpaired) electrons. The molecule has 1 aromatic carbocycles. The van der Waals surface area contributed by atoms with Gasteiger partial charge in [0.25, 0.3) is 0 Å². The van der Waals surface area contributed by atoms with Crippen molar-refractivity contribution in [1.29, 1.82) is 0 Å². The fourth-order valence-electron chi connectivity index (χ4n) is 1.19. The Morgan fingerprint density at radius 3 is 2.75 bits per heavy atom. The van der Waals surface area contributed by atoms with Crippen molar-refractivity contribution in [2.24, 2.45) is 0 Å². The van der Waals surface area contributed by atoms with E-state index in [1.807, 2.05) is 0 Å². The molecule has 4 nitrogen and oxygen atoms in total. The minimum absolute atomic E-state index is 0.350. The molecule has 0 amide bonds. The lowest BCUT2D eigenvalue weighted by Gasteiger charge is -2.09. The van der Waals surface area contributed by atoms with Gasteiger partial charge in [-0.25, -0.2) is 12.8 Å². The monoisotopic (exact) mass is 260 g/mol. The Bertz CT molecular complexity index is 542. The zero-order chi connectivity index (χ0) is 11.8. The summed E-state index contributed by atoms with van der Waals surface area (Å²) in [5, 5.41) is 0. The number of hydrazine groups is 1. The smallest absolute Gasteiger partial charge is 0.207 e. The number of rotatable bonds is 2. The Morgan fingerprint density at radius 2 is 2.19 bits per heavy atom. The molecule has 0 unspecified atom stereocenters. The molecule has 86 valence electrons. The zero-order valence-electron chi connectivity index (χ0n) is 8.34. The minimum atomic E-state index is -3.32. The van der Waals surface area contributed by atoms with Crippen LogP contribution >= 0.6 is 11.9 Å². The van der Waals surface area contributed by atoms with Crippen molar-refractivity contribution in [2.45, 2.75) is 0 Å². The number of nitrogens with zero attached hydrogens (tertiary/aromatic N) is 1. The van der Waals surface area contributed by atoms with Gasteiger partial charge in [0, 0.05) is 6.20 Å². The van der Waals surface area contributed by atoms with Gasteiger partial charge in [-0.2, -0.15) is 9.25 Å². The van der Waals surface area contributed by atoms with Gasteiger partial charge in [-0.1, -0.05) is 12.1 Å². The molecule has 0 fully saturated rings. The third kappa shape index (κ3) is 2.37. The van der Waals surface area contributed by atoms with E-state index in [1.165, 1.54) is 18.3 Å². The maximum atomic E-state index is 13.0. The van der Waals surface area contributed by atoms with Crippen LogP contribution in [0.2, 0.25) is 0 Å². The van der Waals surface area contributed by atoms with Crippen LogP contribution in [0.15, 0.2) is 30.5 Å². The molecule has 16 heavy (non-hydrogen) atoms. The number of hydrogen-bond acceptors (Lipinski definition) is 4. The van der Waals surface area contributed by atoms with Crippen molar-refractivity contribution in [2.75, 3.05) is 6.26 Å². The maximum Gasteiger partial charge on any atom is 0.245 e. The molecule has 2 rings (SSSR count). The van der Waals surface area contributed by atoms with Gasteiger partial charge in [0.2, 0.25) is 10.0 Å². The molecule has 0 aliphatic carbocycles. The molecule has 0 spiro atoms. The van der Waals surface area contributed by atoms with Gasteiger partial charge in [-0.15, -0.1) is 0 Å². The molecular formula is C9H9FN2O2S2. The second-order valence-electron chi connectivity index (χ2n) is 3.26. The number of nitrogens with one attached hydrogen (secondary N) is 1. The van der Waals surface area contributed by atoms with Crippen molar-refractivity contribution in [3.05, 3.63) is 41.8 Å². The van der Waals surface area contributed by atoms with Gasteiger partial charge in [-0.3, -0.25) is 0 Å². The van der Waals surface area contributed by atoms with Crippen LogP contribution in [0.5, 0.6) is 0 Å². The van der Waals surface area contributed by atoms with Crippen LogP contribution in [-0.4, -0.2) is 19.1 Å². The summed E-state index contributed by atoms with van der Waals surface area (Å²) in [4.78, 5) is 3.27. The van der Waals surface area contributed by atoms with E-state index in [2.05, 4.69) is 4.83 Å². The van der Waals surface area contributed by atoms with Gasteiger partial charge < -0.3 is 0 Å². The highest BCUT2D eigenvalue weighted by Gasteiger charge is 2.21. The van der Waals surface area contributed by atoms with E-state index in [1.54, 1.807) is 12.1 Å². The van der Waals surface area contributed by atoms with Crippen molar-refractivity contribution in [3.63, 3.8) is 0 Å². The molecule has 1 aromatic rings. The standard InChI is InChI=1S/C9H9FN2O2S2/c1-16(13,14)12-6-9(15-11-12)7-3-2-4-8(10)5-7/h2-6,11H,1H3. The maximum absolute atomic E-state index is 13.0. The molecule has 0 saturated carbocycles. The Morgan fingerprint density at radius 1 is 1.44 bits per heavy atom. The molecule has 7 heteroatoms. The van der Waals surface area contributed by atoms with E-state index in [9.17, 15) is 12.8 Å². The average Bonchev–Trinajstić information content (AvgIpc) is 2.65. The fraction of sp³-hybridized carbons (Fsp3) is 0.111. The molecule has 1 heterocycles. The Kier molecular flexibility index (Phi) is 2.92. The summed E-state index contributed by atoms with van der Waals surface area (Å²) in [6.07, 6.45) is 2.51. The van der Waals surface area contributed by atoms with E-state index in [0.717, 1.165) is 22.6 Å². The predicted octanol–water partition coefficient (Wildman–Crippen LogP) is 1.55.